The molecule has 0 bridgehead atoms. The molecule has 0 radical (unpaired) electrons. The highest BCUT2D eigenvalue weighted by molar-refractivity contribution is 6.30. The monoisotopic (exact) mass is 357 g/mol. The van der Waals surface area contributed by atoms with E-state index >= 15 is 0 Å². The Kier molecular flexibility index (Phi) is 4.86. The van der Waals surface area contributed by atoms with Crippen LogP contribution in [0.25, 0.3) is 16.9 Å². The van der Waals surface area contributed by atoms with Gasteiger partial charge in [0.1, 0.15) is 11.5 Å². The van der Waals surface area contributed by atoms with Gasteiger partial charge in [0.2, 0.25) is 0 Å². The van der Waals surface area contributed by atoms with Gasteiger partial charge in [0, 0.05) is 16.6 Å². The Morgan fingerprint density at radius 2 is 1.92 bits per heavy atom. The second-order valence-electron chi connectivity index (χ2n) is 5.91. The summed E-state index contributed by atoms with van der Waals surface area (Å²) in [5.74, 6) is -0.681. The van der Waals surface area contributed by atoms with Gasteiger partial charge in [-0.2, -0.15) is 5.10 Å². The second kappa shape index (κ2) is 7.07. The largest absolute Gasteiger partial charge is 0.349 e. The molecule has 0 unspecified atom stereocenters. The van der Waals surface area contributed by atoms with Gasteiger partial charge in [-0.15, -0.1) is 0 Å². The van der Waals surface area contributed by atoms with Crippen molar-refractivity contribution in [2.24, 2.45) is 0 Å². The Balaban J connectivity index is 2.15. The standard InChI is InChI=1S/C19H17ClFN3O/c1-12(2)22-19(25)18-11-17(15-8-3-4-9-16(15)21)23-24(18)14-7-5-6-13(20)10-14/h3-12H,1-2H3,(H,22,25). The zero-order chi connectivity index (χ0) is 18.0. The molecule has 4 nitrogen and oxygen atoms in total. The summed E-state index contributed by atoms with van der Waals surface area (Å²) in [4.78, 5) is 12.6. The molecule has 0 spiro atoms. The Labute approximate surface area is 150 Å². The summed E-state index contributed by atoms with van der Waals surface area (Å²) in [7, 11) is 0. The summed E-state index contributed by atoms with van der Waals surface area (Å²) in [5, 5.41) is 7.80. The molecule has 3 rings (SSSR count). The van der Waals surface area contributed by atoms with E-state index in [-0.39, 0.29) is 11.9 Å². The maximum absolute atomic E-state index is 14.1. The third kappa shape index (κ3) is 3.72. The molecule has 1 heterocycles. The molecule has 0 aliphatic carbocycles. The molecule has 3 aromatic rings. The van der Waals surface area contributed by atoms with Gasteiger partial charge in [-0.3, -0.25) is 4.79 Å². The number of benzene rings is 2. The number of hydrogen-bond donors (Lipinski definition) is 1. The van der Waals surface area contributed by atoms with Gasteiger partial charge in [-0.25, -0.2) is 9.07 Å². The van der Waals surface area contributed by atoms with Crippen molar-refractivity contribution in [1.82, 2.24) is 15.1 Å². The molecule has 0 aliphatic rings. The maximum atomic E-state index is 14.1. The average molecular weight is 358 g/mol. The van der Waals surface area contributed by atoms with Crippen LogP contribution in [0.2, 0.25) is 5.02 Å². The normalized spacial score (nSPS) is 10.9. The van der Waals surface area contributed by atoms with Gasteiger partial charge in [0.25, 0.3) is 5.91 Å². The van der Waals surface area contributed by atoms with Crippen LogP contribution in [0.15, 0.2) is 54.6 Å². The van der Waals surface area contributed by atoms with Crippen LogP contribution >= 0.6 is 11.6 Å². The van der Waals surface area contributed by atoms with Crippen molar-refractivity contribution in [1.29, 1.82) is 0 Å². The van der Waals surface area contributed by atoms with E-state index in [0.29, 0.717) is 27.7 Å². The van der Waals surface area contributed by atoms with E-state index in [1.165, 1.54) is 10.7 Å². The number of carbonyl (C=O) groups is 1. The first-order chi connectivity index (χ1) is 12.0. The third-order valence-corrected chi connectivity index (χ3v) is 3.80. The second-order valence-corrected chi connectivity index (χ2v) is 6.35. The van der Waals surface area contributed by atoms with Crippen LogP contribution in [0, 0.1) is 5.82 Å². The van der Waals surface area contributed by atoms with Crippen molar-refractivity contribution >= 4 is 17.5 Å². The fourth-order valence-electron chi connectivity index (χ4n) is 2.48. The van der Waals surface area contributed by atoms with E-state index in [4.69, 9.17) is 11.6 Å². The van der Waals surface area contributed by atoms with E-state index in [9.17, 15) is 9.18 Å². The van der Waals surface area contributed by atoms with Crippen molar-refractivity contribution < 1.29 is 9.18 Å². The minimum Gasteiger partial charge on any atom is -0.349 e. The number of nitrogens with zero attached hydrogens (tertiary/aromatic N) is 2. The zero-order valence-electron chi connectivity index (χ0n) is 13.8. The highest BCUT2D eigenvalue weighted by Gasteiger charge is 2.19. The van der Waals surface area contributed by atoms with E-state index in [2.05, 4.69) is 10.4 Å². The van der Waals surface area contributed by atoms with Gasteiger partial charge < -0.3 is 5.32 Å². The van der Waals surface area contributed by atoms with Gasteiger partial charge >= 0.3 is 0 Å². The molecule has 6 heteroatoms. The van der Waals surface area contributed by atoms with Crippen LogP contribution < -0.4 is 5.32 Å². The first kappa shape index (κ1) is 17.2. The number of amides is 1. The molecule has 1 N–H and O–H groups in total. The van der Waals surface area contributed by atoms with Crippen LogP contribution in [0.1, 0.15) is 24.3 Å². The molecule has 128 valence electrons. The van der Waals surface area contributed by atoms with Crippen molar-refractivity contribution in [3.63, 3.8) is 0 Å². The highest BCUT2D eigenvalue weighted by atomic mass is 35.5. The number of halogens is 2. The van der Waals surface area contributed by atoms with Crippen LogP contribution in [0.3, 0.4) is 0 Å². The van der Waals surface area contributed by atoms with E-state index in [1.54, 1.807) is 48.5 Å². The van der Waals surface area contributed by atoms with Crippen molar-refractivity contribution in [2.75, 3.05) is 0 Å². The number of nitrogens with one attached hydrogen (secondary N) is 1. The molecule has 25 heavy (non-hydrogen) atoms. The van der Waals surface area contributed by atoms with Crippen LogP contribution in [-0.2, 0) is 0 Å². The molecule has 0 saturated heterocycles. The minimum absolute atomic E-state index is 0.0351. The summed E-state index contributed by atoms with van der Waals surface area (Å²) in [6.45, 7) is 3.74. The zero-order valence-corrected chi connectivity index (χ0v) is 14.6. The summed E-state index contributed by atoms with van der Waals surface area (Å²) in [6, 6.07) is 14.9. The van der Waals surface area contributed by atoms with Crippen molar-refractivity contribution in [3.8, 4) is 16.9 Å². The first-order valence-electron chi connectivity index (χ1n) is 7.87. The third-order valence-electron chi connectivity index (χ3n) is 3.56. The quantitative estimate of drug-likeness (QED) is 0.748. The fraction of sp³-hybridized carbons (Fsp3) is 0.158. The number of aromatic nitrogens is 2. The molecule has 0 atom stereocenters. The lowest BCUT2D eigenvalue weighted by molar-refractivity contribution is 0.0935. The van der Waals surface area contributed by atoms with Crippen LogP contribution in [0.4, 0.5) is 4.39 Å². The lowest BCUT2D eigenvalue weighted by Gasteiger charge is -2.10. The molecular weight excluding hydrogens is 341 g/mol. The molecule has 0 fully saturated rings. The summed E-state index contributed by atoms with van der Waals surface area (Å²) in [6.07, 6.45) is 0. The summed E-state index contributed by atoms with van der Waals surface area (Å²) >= 11 is 6.06. The molecule has 0 aliphatic heterocycles. The predicted molar refractivity (Wildman–Crippen MR) is 96.6 cm³/mol. The molecule has 1 amide bonds. The smallest absolute Gasteiger partial charge is 0.270 e. The predicted octanol–water partition coefficient (Wildman–Crippen LogP) is 4.47. The Morgan fingerprint density at radius 3 is 2.60 bits per heavy atom. The summed E-state index contributed by atoms with van der Waals surface area (Å²) < 4.78 is 15.6. The van der Waals surface area contributed by atoms with E-state index < -0.39 is 5.82 Å². The number of hydrogen-bond acceptors (Lipinski definition) is 2. The SMILES string of the molecule is CC(C)NC(=O)c1cc(-c2ccccc2F)nn1-c1cccc(Cl)c1. The summed E-state index contributed by atoms with van der Waals surface area (Å²) in [5.41, 5.74) is 1.66. The number of carbonyl (C=O) groups excluding carboxylic acids is 1. The topological polar surface area (TPSA) is 46.9 Å². The molecule has 1 aromatic heterocycles. The van der Waals surface area contributed by atoms with E-state index in [0.717, 1.165) is 0 Å². The van der Waals surface area contributed by atoms with Crippen molar-refractivity contribution in [3.05, 3.63) is 71.1 Å². The Hall–Kier alpha value is -2.66. The average Bonchev–Trinajstić information content (AvgIpc) is 3.00. The van der Waals surface area contributed by atoms with E-state index in [1.807, 2.05) is 13.8 Å². The Morgan fingerprint density at radius 1 is 1.16 bits per heavy atom. The van der Waals surface area contributed by atoms with Crippen LogP contribution in [0.5, 0.6) is 0 Å². The molecule has 2 aromatic carbocycles. The van der Waals surface area contributed by atoms with Gasteiger partial charge in [0.15, 0.2) is 0 Å². The maximum Gasteiger partial charge on any atom is 0.270 e. The van der Waals surface area contributed by atoms with Gasteiger partial charge in [-0.1, -0.05) is 29.8 Å². The van der Waals surface area contributed by atoms with Gasteiger partial charge in [0.05, 0.1) is 11.4 Å². The molecular formula is C19H17ClFN3O. The lowest BCUT2D eigenvalue weighted by atomic mass is 10.1. The highest BCUT2D eigenvalue weighted by Crippen LogP contribution is 2.25. The van der Waals surface area contributed by atoms with Crippen LogP contribution in [-0.4, -0.2) is 21.7 Å². The van der Waals surface area contributed by atoms with Crippen molar-refractivity contribution in [2.45, 2.75) is 19.9 Å². The number of rotatable bonds is 4. The minimum atomic E-state index is -0.394. The Bertz CT molecular complexity index is 921. The first-order valence-corrected chi connectivity index (χ1v) is 8.25. The lowest BCUT2D eigenvalue weighted by Crippen LogP contribution is -2.31. The van der Waals surface area contributed by atoms with Gasteiger partial charge in [-0.05, 0) is 50.2 Å². The molecule has 0 saturated carbocycles. The fourth-order valence-corrected chi connectivity index (χ4v) is 2.67.